The van der Waals surface area contributed by atoms with Crippen LogP contribution >= 0.6 is 63.1 Å². The van der Waals surface area contributed by atoms with E-state index in [9.17, 15) is 4.79 Å². The number of amides is 1. The SMILES string of the molecule is COc1cc(/C=C2/SC(=S)N(c3ccc(Cl)c(Cl)c3)C2=O)ccc1OCc1ccc(Br)cc1. The Morgan fingerprint density at radius 3 is 2.48 bits per heavy atom. The molecule has 0 unspecified atom stereocenters. The molecule has 33 heavy (non-hydrogen) atoms. The van der Waals surface area contributed by atoms with Crippen LogP contribution in [0.2, 0.25) is 10.0 Å². The third kappa shape index (κ3) is 5.55. The van der Waals surface area contributed by atoms with Crippen LogP contribution in [0, 0.1) is 0 Å². The van der Waals surface area contributed by atoms with Gasteiger partial charge in [-0.2, -0.15) is 0 Å². The Balaban J connectivity index is 1.53. The zero-order chi connectivity index (χ0) is 23.5. The molecule has 168 valence electrons. The standard InChI is InChI=1S/C24H16BrCl2NO3S2/c1-30-21-10-15(4-9-20(21)31-13-14-2-5-16(25)6-3-14)11-22-23(29)28(24(32)33-22)17-7-8-18(26)19(27)12-17/h2-12H,13H2,1H3/b22-11+. The van der Waals surface area contributed by atoms with Crippen LogP contribution in [0.25, 0.3) is 6.08 Å². The molecule has 1 saturated heterocycles. The average Bonchev–Trinajstić information content (AvgIpc) is 3.08. The van der Waals surface area contributed by atoms with Gasteiger partial charge < -0.3 is 9.47 Å². The van der Waals surface area contributed by atoms with Crippen molar-refractivity contribution in [3.05, 3.63) is 91.2 Å². The first kappa shape index (κ1) is 24.1. The maximum Gasteiger partial charge on any atom is 0.270 e. The molecule has 4 nitrogen and oxygen atoms in total. The number of nitrogens with zero attached hydrogens (tertiary/aromatic N) is 1. The maximum absolute atomic E-state index is 13.0. The summed E-state index contributed by atoms with van der Waals surface area (Å²) in [4.78, 5) is 15.0. The fourth-order valence-corrected chi connectivity index (χ4v) is 4.96. The van der Waals surface area contributed by atoms with Gasteiger partial charge in [0.15, 0.2) is 15.8 Å². The van der Waals surface area contributed by atoms with Gasteiger partial charge in [-0.15, -0.1) is 0 Å². The van der Waals surface area contributed by atoms with E-state index in [1.165, 1.54) is 16.7 Å². The highest BCUT2D eigenvalue weighted by molar-refractivity contribution is 9.10. The summed E-state index contributed by atoms with van der Waals surface area (Å²) in [7, 11) is 1.58. The summed E-state index contributed by atoms with van der Waals surface area (Å²) >= 11 is 22.2. The molecule has 1 heterocycles. The summed E-state index contributed by atoms with van der Waals surface area (Å²) in [5, 5.41) is 0.770. The second-order valence-corrected chi connectivity index (χ2v) is 10.3. The molecule has 0 N–H and O–H groups in total. The van der Waals surface area contributed by atoms with Gasteiger partial charge in [0, 0.05) is 4.47 Å². The fourth-order valence-electron chi connectivity index (χ4n) is 3.10. The summed E-state index contributed by atoms with van der Waals surface area (Å²) in [5.74, 6) is 0.958. The van der Waals surface area contributed by atoms with Crippen LogP contribution in [-0.4, -0.2) is 17.3 Å². The number of methoxy groups -OCH3 is 1. The number of carbonyl (C=O) groups excluding carboxylic acids is 1. The molecule has 0 saturated carbocycles. The number of ether oxygens (including phenoxy) is 2. The van der Waals surface area contributed by atoms with E-state index in [1.54, 1.807) is 31.4 Å². The predicted octanol–water partition coefficient (Wildman–Crippen LogP) is 7.75. The van der Waals surface area contributed by atoms with Crippen LogP contribution in [0.4, 0.5) is 5.69 Å². The number of halogens is 3. The summed E-state index contributed by atoms with van der Waals surface area (Å²) < 4.78 is 12.9. The number of thioether (sulfide) groups is 1. The Morgan fingerprint density at radius 2 is 1.79 bits per heavy atom. The summed E-state index contributed by atoms with van der Waals surface area (Å²) in [6.07, 6.45) is 1.78. The highest BCUT2D eigenvalue weighted by Gasteiger charge is 2.33. The fraction of sp³-hybridized carbons (Fsp3) is 0.0833. The summed E-state index contributed by atoms with van der Waals surface area (Å²) in [5.41, 5.74) is 2.40. The molecule has 0 spiro atoms. The van der Waals surface area contributed by atoms with Gasteiger partial charge in [0.2, 0.25) is 0 Å². The molecule has 1 fully saturated rings. The molecule has 9 heteroatoms. The number of benzene rings is 3. The van der Waals surface area contributed by atoms with E-state index in [2.05, 4.69) is 15.9 Å². The van der Waals surface area contributed by atoms with Crippen molar-refractivity contribution < 1.29 is 14.3 Å². The number of hydrogen-bond donors (Lipinski definition) is 0. The first-order chi connectivity index (χ1) is 15.9. The number of anilines is 1. The first-order valence-electron chi connectivity index (χ1n) is 9.64. The van der Waals surface area contributed by atoms with Crippen LogP contribution in [-0.2, 0) is 11.4 Å². The van der Waals surface area contributed by atoms with Crippen molar-refractivity contribution in [3.63, 3.8) is 0 Å². The van der Waals surface area contributed by atoms with E-state index in [-0.39, 0.29) is 5.91 Å². The predicted molar refractivity (Wildman–Crippen MR) is 144 cm³/mol. The molecule has 0 radical (unpaired) electrons. The van der Waals surface area contributed by atoms with Crippen molar-refractivity contribution in [2.24, 2.45) is 0 Å². The Morgan fingerprint density at radius 1 is 1.03 bits per heavy atom. The number of carbonyl (C=O) groups is 1. The van der Waals surface area contributed by atoms with Crippen molar-refractivity contribution in [3.8, 4) is 11.5 Å². The van der Waals surface area contributed by atoms with Gasteiger partial charge in [0.05, 0.1) is 27.7 Å². The quantitative estimate of drug-likeness (QED) is 0.220. The van der Waals surface area contributed by atoms with Gasteiger partial charge in [0.1, 0.15) is 6.61 Å². The maximum atomic E-state index is 13.0. The molecule has 3 aromatic carbocycles. The molecule has 0 aliphatic carbocycles. The lowest BCUT2D eigenvalue weighted by atomic mass is 10.1. The number of hydrogen-bond acceptors (Lipinski definition) is 5. The van der Waals surface area contributed by atoms with Gasteiger partial charge in [-0.25, -0.2) is 0 Å². The van der Waals surface area contributed by atoms with Crippen molar-refractivity contribution in [2.75, 3.05) is 12.0 Å². The largest absolute Gasteiger partial charge is 0.493 e. The van der Waals surface area contributed by atoms with Crippen LogP contribution in [0.5, 0.6) is 11.5 Å². The number of thiocarbonyl (C=S) groups is 1. The Labute approximate surface area is 219 Å². The van der Waals surface area contributed by atoms with E-state index < -0.39 is 0 Å². The molecule has 1 aliphatic heterocycles. The van der Waals surface area contributed by atoms with Crippen LogP contribution in [0.3, 0.4) is 0 Å². The van der Waals surface area contributed by atoms with Gasteiger partial charge in [0.25, 0.3) is 5.91 Å². The minimum absolute atomic E-state index is 0.224. The first-order valence-corrected chi connectivity index (χ1v) is 12.4. The Kier molecular flexibility index (Phi) is 7.66. The van der Waals surface area contributed by atoms with Crippen LogP contribution < -0.4 is 14.4 Å². The van der Waals surface area contributed by atoms with E-state index in [1.807, 2.05) is 42.5 Å². The van der Waals surface area contributed by atoms with E-state index >= 15 is 0 Å². The molecule has 1 aliphatic rings. The third-order valence-electron chi connectivity index (χ3n) is 4.75. The molecular formula is C24H16BrCl2NO3S2. The molecule has 0 atom stereocenters. The molecule has 1 amide bonds. The van der Waals surface area contributed by atoms with Gasteiger partial charge in [-0.1, -0.05) is 81.3 Å². The minimum Gasteiger partial charge on any atom is -0.493 e. The van der Waals surface area contributed by atoms with Crippen molar-refractivity contribution in [2.45, 2.75) is 6.61 Å². The summed E-state index contributed by atoms with van der Waals surface area (Å²) in [6.45, 7) is 0.408. The lowest BCUT2D eigenvalue weighted by Crippen LogP contribution is -2.27. The highest BCUT2D eigenvalue weighted by atomic mass is 79.9. The lowest BCUT2D eigenvalue weighted by molar-refractivity contribution is -0.113. The second kappa shape index (κ2) is 10.5. The highest BCUT2D eigenvalue weighted by Crippen LogP contribution is 2.39. The molecule has 3 aromatic rings. The Bertz CT molecular complexity index is 1270. The molecular weight excluding hydrogens is 565 g/mol. The average molecular weight is 581 g/mol. The van der Waals surface area contributed by atoms with Crippen LogP contribution in [0.15, 0.2) is 70.0 Å². The monoisotopic (exact) mass is 579 g/mol. The number of rotatable bonds is 6. The van der Waals surface area contributed by atoms with Crippen molar-refractivity contribution in [1.82, 2.24) is 0 Å². The smallest absolute Gasteiger partial charge is 0.270 e. The van der Waals surface area contributed by atoms with Gasteiger partial charge >= 0.3 is 0 Å². The molecule has 0 aromatic heterocycles. The van der Waals surface area contributed by atoms with Gasteiger partial charge in [-0.05, 0) is 59.7 Å². The topological polar surface area (TPSA) is 38.8 Å². The molecule has 4 rings (SSSR count). The lowest BCUT2D eigenvalue weighted by Gasteiger charge is -2.15. The van der Waals surface area contributed by atoms with Gasteiger partial charge in [-0.3, -0.25) is 9.69 Å². The zero-order valence-corrected chi connectivity index (χ0v) is 21.9. The normalized spacial score (nSPS) is 14.8. The second-order valence-electron chi connectivity index (χ2n) is 6.94. The van der Waals surface area contributed by atoms with E-state index in [0.29, 0.717) is 43.1 Å². The Hall–Kier alpha value is -2.03. The minimum atomic E-state index is -0.224. The zero-order valence-electron chi connectivity index (χ0n) is 17.2. The third-order valence-corrected chi connectivity index (χ3v) is 7.32. The van der Waals surface area contributed by atoms with Crippen molar-refractivity contribution >= 4 is 85.1 Å². The molecule has 0 bridgehead atoms. The summed E-state index contributed by atoms with van der Waals surface area (Å²) in [6, 6.07) is 18.4. The van der Waals surface area contributed by atoms with Crippen molar-refractivity contribution in [1.29, 1.82) is 0 Å². The van der Waals surface area contributed by atoms with E-state index in [4.69, 9.17) is 44.9 Å². The van der Waals surface area contributed by atoms with E-state index in [0.717, 1.165) is 15.6 Å². The van der Waals surface area contributed by atoms with Crippen LogP contribution in [0.1, 0.15) is 11.1 Å².